The van der Waals surface area contributed by atoms with E-state index in [1.807, 2.05) is 6.92 Å². The number of hydrogen-bond acceptors (Lipinski definition) is 4. The normalized spacial score (nSPS) is 25.8. The second-order valence-corrected chi connectivity index (χ2v) is 4.65. The van der Waals surface area contributed by atoms with Gasteiger partial charge in [0.15, 0.2) is 5.82 Å². The lowest BCUT2D eigenvalue weighted by Gasteiger charge is -2.38. The highest BCUT2D eigenvalue weighted by Crippen LogP contribution is 2.27. The lowest BCUT2D eigenvalue weighted by atomic mass is 10.2. The molecular formula is C11H16ClN3O. The Hall–Kier alpha value is -1.00. The van der Waals surface area contributed by atoms with Crippen LogP contribution in [0.5, 0.6) is 0 Å². The van der Waals surface area contributed by atoms with Crippen LogP contribution in [0.4, 0.5) is 11.5 Å². The number of nitrogen functional groups attached to an aromatic ring is 1. The lowest BCUT2D eigenvalue weighted by Crippen LogP contribution is -2.48. The van der Waals surface area contributed by atoms with Crippen LogP contribution in [0.1, 0.15) is 13.8 Å². The second-order valence-electron chi connectivity index (χ2n) is 4.21. The zero-order valence-corrected chi connectivity index (χ0v) is 10.2. The van der Waals surface area contributed by atoms with Crippen molar-refractivity contribution in [3.8, 4) is 0 Å². The average molecular weight is 242 g/mol. The summed E-state index contributed by atoms with van der Waals surface area (Å²) in [6.07, 6.45) is 1.83. The maximum absolute atomic E-state index is 5.93. The molecule has 0 spiro atoms. The van der Waals surface area contributed by atoms with Gasteiger partial charge in [-0.2, -0.15) is 0 Å². The zero-order chi connectivity index (χ0) is 11.7. The Morgan fingerprint density at radius 1 is 1.56 bits per heavy atom. The molecule has 1 aliphatic heterocycles. The topological polar surface area (TPSA) is 51.4 Å². The van der Waals surface area contributed by atoms with Crippen LogP contribution in [0.2, 0.25) is 5.02 Å². The number of aromatic nitrogens is 1. The van der Waals surface area contributed by atoms with E-state index in [0.29, 0.717) is 17.3 Å². The predicted octanol–water partition coefficient (Wildman–Crippen LogP) is 1.93. The van der Waals surface area contributed by atoms with Gasteiger partial charge in [-0.25, -0.2) is 4.98 Å². The molecule has 5 heteroatoms. The highest BCUT2D eigenvalue weighted by atomic mass is 35.5. The second kappa shape index (κ2) is 4.47. The van der Waals surface area contributed by atoms with Crippen LogP contribution in [0.15, 0.2) is 12.3 Å². The molecule has 2 heterocycles. The van der Waals surface area contributed by atoms with E-state index in [2.05, 4.69) is 16.8 Å². The summed E-state index contributed by atoms with van der Waals surface area (Å²) >= 11 is 5.84. The fourth-order valence-electron chi connectivity index (χ4n) is 1.89. The van der Waals surface area contributed by atoms with Gasteiger partial charge in [0.1, 0.15) is 0 Å². The van der Waals surface area contributed by atoms with Crippen LogP contribution in [-0.2, 0) is 4.74 Å². The van der Waals surface area contributed by atoms with E-state index < -0.39 is 0 Å². The van der Waals surface area contributed by atoms with E-state index in [9.17, 15) is 0 Å². The predicted molar refractivity (Wildman–Crippen MR) is 65.9 cm³/mol. The summed E-state index contributed by atoms with van der Waals surface area (Å²) in [7, 11) is 0. The van der Waals surface area contributed by atoms with E-state index >= 15 is 0 Å². The first-order valence-corrected chi connectivity index (χ1v) is 5.75. The lowest BCUT2D eigenvalue weighted by molar-refractivity contribution is 0.0341. The number of halogens is 1. The van der Waals surface area contributed by atoms with Crippen molar-refractivity contribution >= 4 is 23.1 Å². The number of pyridine rings is 1. The summed E-state index contributed by atoms with van der Waals surface area (Å²) < 4.78 is 5.57. The van der Waals surface area contributed by atoms with Crippen LogP contribution in [0.25, 0.3) is 0 Å². The molecule has 2 atom stereocenters. The molecule has 4 nitrogen and oxygen atoms in total. The SMILES string of the molecule is CC1CN(c2ncc(Cl)cc2N)C(C)CO1. The van der Waals surface area contributed by atoms with Gasteiger partial charge in [0.2, 0.25) is 0 Å². The van der Waals surface area contributed by atoms with E-state index in [-0.39, 0.29) is 12.1 Å². The Bertz CT molecular complexity index is 385. The van der Waals surface area contributed by atoms with E-state index in [4.69, 9.17) is 22.1 Å². The van der Waals surface area contributed by atoms with Gasteiger partial charge in [-0.15, -0.1) is 0 Å². The fraction of sp³-hybridized carbons (Fsp3) is 0.545. The molecule has 1 aromatic heterocycles. The summed E-state index contributed by atoms with van der Waals surface area (Å²) in [4.78, 5) is 6.47. The van der Waals surface area contributed by atoms with E-state index in [1.54, 1.807) is 12.3 Å². The maximum Gasteiger partial charge on any atom is 0.152 e. The Balaban J connectivity index is 2.28. The zero-order valence-electron chi connectivity index (χ0n) is 9.48. The Labute approximate surface area is 100 Å². The number of nitrogens with two attached hydrogens (primary N) is 1. The molecule has 2 rings (SSSR count). The Kier molecular flexibility index (Phi) is 3.21. The third-order valence-corrected chi connectivity index (χ3v) is 2.95. The molecular weight excluding hydrogens is 226 g/mol. The van der Waals surface area contributed by atoms with Gasteiger partial charge in [0, 0.05) is 12.7 Å². The number of hydrogen-bond donors (Lipinski definition) is 1. The summed E-state index contributed by atoms with van der Waals surface area (Å²) in [6, 6.07) is 2.02. The molecule has 2 unspecified atom stereocenters. The van der Waals surface area contributed by atoms with Gasteiger partial charge in [-0.1, -0.05) is 11.6 Å². The first kappa shape index (κ1) is 11.5. The number of anilines is 2. The molecule has 1 aliphatic rings. The molecule has 0 aliphatic carbocycles. The van der Waals surface area contributed by atoms with Crippen LogP contribution < -0.4 is 10.6 Å². The van der Waals surface area contributed by atoms with Crippen molar-refractivity contribution in [2.45, 2.75) is 26.0 Å². The minimum Gasteiger partial charge on any atom is -0.396 e. The van der Waals surface area contributed by atoms with Gasteiger partial charge in [0.05, 0.1) is 29.5 Å². The van der Waals surface area contributed by atoms with Crippen molar-refractivity contribution in [3.05, 3.63) is 17.3 Å². The van der Waals surface area contributed by atoms with Crippen LogP contribution in [-0.4, -0.2) is 30.3 Å². The largest absolute Gasteiger partial charge is 0.396 e. The van der Waals surface area contributed by atoms with Gasteiger partial charge < -0.3 is 15.4 Å². The van der Waals surface area contributed by atoms with Crippen molar-refractivity contribution in [3.63, 3.8) is 0 Å². The van der Waals surface area contributed by atoms with E-state index in [1.165, 1.54) is 0 Å². The quantitative estimate of drug-likeness (QED) is 0.816. The molecule has 1 fully saturated rings. The van der Waals surface area contributed by atoms with Gasteiger partial charge in [-0.3, -0.25) is 0 Å². The molecule has 0 saturated carbocycles. The summed E-state index contributed by atoms with van der Waals surface area (Å²) in [5.41, 5.74) is 6.55. The first-order chi connectivity index (χ1) is 7.58. The van der Waals surface area contributed by atoms with Crippen molar-refractivity contribution in [2.75, 3.05) is 23.8 Å². The monoisotopic (exact) mass is 241 g/mol. The third-order valence-electron chi connectivity index (χ3n) is 2.74. The molecule has 88 valence electrons. The molecule has 1 saturated heterocycles. The molecule has 0 radical (unpaired) electrons. The highest BCUT2D eigenvalue weighted by Gasteiger charge is 2.25. The van der Waals surface area contributed by atoms with Crippen molar-refractivity contribution in [1.82, 2.24) is 4.98 Å². The van der Waals surface area contributed by atoms with Crippen molar-refractivity contribution in [2.24, 2.45) is 0 Å². The third kappa shape index (κ3) is 2.23. The average Bonchev–Trinajstić information content (AvgIpc) is 2.22. The summed E-state index contributed by atoms with van der Waals surface area (Å²) in [6.45, 7) is 5.65. The molecule has 2 N–H and O–H groups in total. The Morgan fingerprint density at radius 2 is 2.31 bits per heavy atom. The molecule has 0 aromatic carbocycles. The number of ether oxygens (including phenoxy) is 1. The van der Waals surface area contributed by atoms with Gasteiger partial charge in [0.25, 0.3) is 0 Å². The number of nitrogens with zero attached hydrogens (tertiary/aromatic N) is 2. The molecule has 0 amide bonds. The van der Waals surface area contributed by atoms with Crippen molar-refractivity contribution in [1.29, 1.82) is 0 Å². The standard InChI is InChI=1S/C11H16ClN3O/c1-7-6-16-8(2)5-15(7)11-10(13)3-9(12)4-14-11/h3-4,7-8H,5-6,13H2,1-2H3. The maximum atomic E-state index is 5.93. The molecule has 1 aromatic rings. The highest BCUT2D eigenvalue weighted by molar-refractivity contribution is 6.30. The number of morpholine rings is 1. The van der Waals surface area contributed by atoms with Crippen LogP contribution in [0.3, 0.4) is 0 Å². The van der Waals surface area contributed by atoms with Gasteiger partial charge in [-0.05, 0) is 19.9 Å². The summed E-state index contributed by atoms with van der Waals surface area (Å²) in [5.74, 6) is 0.798. The number of rotatable bonds is 1. The minimum atomic E-state index is 0.202. The van der Waals surface area contributed by atoms with Crippen LogP contribution >= 0.6 is 11.6 Å². The smallest absolute Gasteiger partial charge is 0.152 e. The first-order valence-electron chi connectivity index (χ1n) is 5.37. The molecule has 16 heavy (non-hydrogen) atoms. The Morgan fingerprint density at radius 3 is 3.00 bits per heavy atom. The van der Waals surface area contributed by atoms with E-state index in [0.717, 1.165) is 12.4 Å². The molecule has 0 bridgehead atoms. The van der Waals surface area contributed by atoms with Crippen LogP contribution in [0, 0.1) is 0 Å². The van der Waals surface area contributed by atoms with Crippen molar-refractivity contribution < 1.29 is 4.74 Å². The minimum absolute atomic E-state index is 0.202. The summed E-state index contributed by atoms with van der Waals surface area (Å²) in [5, 5.41) is 0.565. The van der Waals surface area contributed by atoms with Gasteiger partial charge >= 0.3 is 0 Å². The fourth-order valence-corrected chi connectivity index (χ4v) is 2.05.